The van der Waals surface area contributed by atoms with E-state index in [1.807, 2.05) is 6.92 Å². The number of rotatable bonds is 16. The molecule has 6 heterocycles. The van der Waals surface area contributed by atoms with E-state index in [1.165, 1.54) is 0 Å². The molecule has 6 fully saturated rings. The van der Waals surface area contributed by atoms with Crippen LogP contribution < -0.4 is 0 Å². The highest BCUT2D eigenvalue weighted by atomic mass is 16.6. The van der Waals surface area contributed by atoms with Gasteiger partial charge in [-0.2, -0.15) is 0 Å². The van der Waals surface area contributed by atoms with Crippen LogP contribution in [0.25, 0.3) is 0 Å². The standard InChI is InChI=1S/C41H64O13/c1-20-13-28(49-23(4)22(20)3)9-11-32-21(2)14-29(51-32)8-7-25(43)17-34-36(46)40-41(54-34)37(47)39-33(53-40)12-10-30(52-39)15-26(44)16-31-24(5)50-35(38(31)48-6)18-27(45)19-42/h20,23-24,27-42,45-47H,2-3,7-19H2,1,4-6H3/t20-,23-,24+,27+,28+,29+,30-,31+,32+,33+,34+,35-,36+,37+,38-,39+,40+,41+/m1/s1. The molecule has 6 aliphatic heterocycles. The number of Topliss-reactive ketones (excluding diaryl/α,β-unsaturated/α-hetero) is 2. The maximum absolute atomic E-state index is 13.3. The van der Waals surface area contributed by atoms with Crippen LogP contribution in [0, 0.1) is 11.8 Å². The van der Waals surface area contributed by atoms with Crippen molar-refractivity contribution in [2.75, 3.05) is 13.7 Å². The van der Waals surface area contributed by atoms with Crippen molar-refractivity contribution in [3.8, 4) is 0 Å². The molecule has 4 N–H and O–H groups in total. The summed E-state index contributed by atoms with van der Waals surface area (Å²) in [5, 5.41) is 41.7. The van der Waals surface area contributed by atoms with Gasteiger partial charge in [-0.3, -0.25) is 9.59 Å². The number of carbonyl (C=O) groups excluding carboxylic acids is 2. The zero-order valence-corrected chi connectivity index (χ0v) is 32.5. The Hall–Kier alpha value is -1.62. The minimum absolute atomic E-state index is 0.000921. The van der Waals surface area contributed by atoms with Crippen LogP contribution in [-0.2, 0) is 42.7 Å². The minimum atomic E-state index is -1.10. The van der Waals surface area contributed by atoms with E-state index < -0.39 is 67.1 Å². The van der Waals surface area contributed by atoms with E-state index in [1.54, 1.807) is 7.11 Å². The molecular formula is C41H64O13. The number of ketones is 2. The largest absolute Gasteiger partial charge is 0.394 e. The average Bonchev–Trinajstić information content (AvgIpc) is 3.76. The van der Waals surface area contributed by atoms with Gasteiger partial charge >= 0.3 is 0 Å². The molecule has 0 aromatic carbocycles. The first-order valence-corrected chi connectivity index (χ1v) is 20.3. The minimum Gasteiger partial charge on any atom is -0.394 e. The molecule has 0 bridgehead atoms. The Morgan fingerprint density at radius 2 is 1.57 bits per heavy atom. The van der Waals surface area contributed by atoms with Crippen LogP contribution in [0.1, 0.15) is 97.8 Å². The van der Waals surface area contributed by atoms with Gasteiger partial charge in [0, 0.05) is 45.1 Å². The number of aliphatic hydroxyl groups excluding tert-OH is 4. The van der Waals surface area contributed by atoms with Gasteiger partial charge in [0.25, 0.3) is 0 Å². The number of aliphatic hydroxyl groups is 4. The summed E-state index contributed by atoms with van der Waals surface area (Å²) in [5.74, 6) is 0.153. The number of hydrogen-bond donors (Lipinski definition) is 4. The van der Waals surface area contributed by atoms with Gasteiger partial charge in [0.15, 0.2) is 0 Å². The van der Waals surface area contributed by atoms with Crippen LogP contribution in [0.2, 0.25) is 0 Å². The van der Waals surface area contributed by atoms with Gasteiger partial charge < -0.3 is 53.6 Å². The van der Waals surface area contributed by atoms with E-state index in [-0.39, 0.29) is 86.7 Å². The number of hydrogen-bond acceptors (Lipinski definition) is 13. The lowest BCUT2D eigenvalue weighted by Gasteiger charge is -2.46. The maximum atomic E-state index is 13.3. The summed E-state index contributed by atoms with van der Waals surface area (Å²) in [6, 6.07) is 0. The second kappa shape index (κ2) is 18.3. The Morgan fingerprint density at radius 1 is 0.815 bits per heavy atom. The van der Waals surface area contributed by atoms with Crippen molar-refractivity contribution in [1.82, 2.24) is 0 Å². The van der Waals surface area contributed by atoms with Crippen LogP contribution in [0.15, 0.2) is 24.3 Å². The Bertz CT molecular complexity index is 1310. The fraction of sp³-hybridized carbons (Fsp3) is 0.854. The number of ether oxygens (including phenoxy) is 7. The summed E-state index contributed by atoms with van der Waals surface area (Å²) in [7, 11) is 1.55. The third-order valence-electron chi connectivity index (χ3n) is 12.9. The normalized spacial score (nSPS) is 44.3. The first-order chi connectivity index (χ1) is 25.8. The summed E-state index contributed by atoms with van der Waals surface area (Å²) < 4.78 is 42.7. The van der Waals surface area contributed by atoms with Crippen LogP contribution in [0.4, 0.5) is 0 Å². The molecule has 0 aromatic rings. The van der Waals surface area contributed by atoms with Crippen molar-refractivity contribution < 1.29 is 63.2 Å². The van der Waals surface area contributed by atoms with Gasteiger partial charge in [0.2, 0.25) is 0 Å². The van der Waals surface area contributed by atoms with Gasteiger partial charge in [-0.1, -0.05) is 20.1 Å². The molecule has 0 aliphatic carbocycles. The molecule has 0 amide bonds. The molecule has 13 nitrogen and oxygen atoms in total. The van der Waals surface area contributed by atoms with Gasteiger partial charge in [-0.05, 0) is 75.9 Å². The maximum Gasteiger partial charge on any atom is 0.135 e. The van der Waals surface area contributed by atoms with Gasteiger partial charge in [0.1, 0.15) is 42.1 Å². The Labute approximate surface area is 319 Å². The zero-order valence-electron chi connectivity index (χ0n) is 32.5. The molecule has 0 unspecified atom stereocenters. The third kappa shape index (κ3) is 9.56. The quantitative estimate of drug-likeness (QED) is 0.169. The van der Waals surface area contributed by atoms with Crippen molar-refractivity contribution >= 4 is 11.6 Å². The topological polar surface area (TPSA) is 180 Å². The van der Waals surface area contributed by atoms with Crippen LogP contribution >= 0.6 is 0 Å². The fourth-order valence-electron chi connectivity index (χ4n) is 9.77. The third-order valence-corrected chi connectivity index (χ3v) is 12.9. The predicted molar refractivity (Wildman–Crippen MR) is 196 cm³/mol. The molecule has 13 heteroatoms. The molecule has 0 spiro atoms. The van der Waals surface area contributed by atoms with E-state index in [0.29, 0.717) is 31.6 Å². The molecule has 6 saturated heterocycles. The summed E-state index contributed by atoms with van der Waals surface area (Å²) in [4.78, 5) is 26.4. The lowest BCUT2D eigenvalue weighted by molar-refractivity contribution is -0.259. The summed E-state index contributed by atoms with van der Waals surface area (Å²) in [6.45, 7) is 14.2. The average molecular weight is 765 g/mol. The van der Waals surface area contributed by atoms with Gasteiger partial charge in [-0.15, -0.1) is 0 Å². The molecule has 0 radical (unpaired) electrons. The highest BCUT2D eigenvalue weighted by Gasteiger charge is 2.57. The Kier molecular flexibility index (Phi) is 14.2. The number of methoxy groups -OCH3 is 1. The van der Waals surface area contributed by atoms with Crippen molar-refractivity contribution in [2.24, 2.45) is 11.8 Å². The van der Waals surface area contributed by atoms with Crippen molar-refractivity contribution in [3.63, 3.8) is 0 Å². The number of carbonyl (C=O) groups is 2. The zero-order chi connectivity index (χ0) is 38.8. The first-order valence-electron chi connectivity index (χ1n) is 20.3. The molecule has 0 aromatic heterocycles. The highest BCUT2D eigenvalue weighted by molar-refractivity contribution is 5.79. The van der Waals surface area contributed by atoms with Crippen molar-refractivity contribution in [3.05, 3.63) is 24.3 Å². The van der Waals surface area contributed by atoms with Crippen molar-refractivity contribution in [1.29, 1.82) is 0 Å². The van der Waals surface area contributed by atoms with Crippen LogP contribution in [0.3, 0.4) is 0 Å². The van der Waals surface area contributed by atoms with E-state index in [0.717, 1.165) is 30.4 Å². The molecule has 306 valence electrons. The number of fused-ring (bicyclic) bond motifs is 2. The van der Waals surface area contributed by atoms with E-state index in [2.05, 4.69) is 27.0 Å². The van der Waals surface area contributed by atoms with Crippen LogP contribution in [0.5, 0.6) is 0 Å². The monoisotopic (exact) mass is 764 g/mol. The fourth-order valence-corrected chi connectivity index (χ4v) is 9.77. The molecule has 18 atom stereocenters. The van der Waals surface area contributed by atoms with Crippen LogP contribution in [-0.4, -0.2) is 143 Å². The summed E-state index contributed by atoms with van der Waals surface area (Å²) in [6.07, 6.45) is -2.27. The lowest BCUT2D eigenvalue weighted by atomic mass is 9.86. The Balaban J connectivity index is 0.928. The Morgan fingerprint density at radius 3 is 2.30 bits per heavy atom. The van der Waals surface area contributed by atoms with E-state index in [4.69, 9.17) is 33.2 Å². The van der Waals surface area contributed by atoms with Gasteiger partial charge in [0.05, 0.1) is 73.8 Å². The van der Waals surface area contributed by atoms with E-state index in [9.17, 15) is 30.0 Å². The molecule has 6 aliphatic rings. The lowest BCUT2D eigenvalue weighted by Crippen LogP contribution is -2.61. The summed E-state index contributed by atoms with van der Waals surface area (Å²) in [5.41, 5.74) is 2.20. The molecular weight excluding hydrogens is 700 g/mol. The first kappa shape index (κ1) is 42.0. The smallest absolute Gasteiger partial charge is 0.135 e. The summed E-state index contributed by atoms with van der Waals surface area (Å²) >= 11 is 0. The highest BCUT2D eigenvalue weighted by Crippen LogP contribution is 2.41. The molecule has 0 saturated carbocycles. The van der Waals surface area contributed by atoms with Gasteiger partial charge in [-0.25, -0.2) is 0 Å². The second-order valence-electron chi connectivity index (χ2n) is 16.9. The molecule has 54 heavy (non-hydrogen) atoms. The predicted octanol–water partition coefficient (Wildman–Crippen LogP) is 2.90. The van der Waals surface area contributed by atoms with E-state index >= 15 is 0 Å². The molecule has 6 rings (SSSR count). The second-order valence-corrected chi connectivity index (χ2v) is 16.9. The van der Waals surface area contributed by atoms with Crippen molar-refractivity contribution in [2.45, 2.75) is 195 Å². The SMILES string of the molecule is C=C1C[C@H](CCC(=O)C[C@@H]2O[C@H]3[C@@H](O)[C@H]4O[C@@H](CC(=O)C[C@@H]5[C@@H](OC)[C@@H](C[C@H](O)CO)O[C@H]5C)CC[C@@H]4O[C@H]3[C@H]2O)O[C@H]1CC[C@H]1C[C@@H](C)C(=C)[C@@H](C)O1.